The van der Waals surface area contributed by atoms with Crippen molar-refractivity contribution < 1.29 is 8.42 Å². The van der Waals surface area contributed by atoms with Crippen LogP contribution in [0.1, 0.15) is 31.1 Å². The van der Waals surface area contributed by atoms with Crippen LogP contribution in [0, 0.1) is 0 Å². The summed E-state index contributed by atoms with van der Waals surface area (Å²) in [7, 11) is 3.41. The highest BCUT2D eigenvalue weighted by atomic mass is 35.7. The third kappa shape index (κ3) is 3.04. The summed E-state index contributed by atoms with van der Waals surface area (Å²) in [6, 6.07) is 2.01. The molecule has 110 valence electrons. The monoisotopic (exact) mass is 316 g/mol. The maximum atomic E-state index is 11.4. The van der Waals surface area contributed by atoms with Gasteiger partial charge in [-0.25, -0.2) is 13.4 Å². The highest BCUT2D eigenvalue weighted by Crippen LogP contribution is 2.16. The Morgan fingerprint density at radius 2 is 2.00 bits per heavy atom. The van der Waals surface area contributed by atoms with Crippen LogP contribution < -0.4 is 0 Å². The lowest BCUT2D eigenvalue weighted by Crippen LogP contribution is -2.07. The normalized spacial score (nSPS) is 12.0. The molecule has 0 aliphatic carbocycles. The second-order valence-electron chi connectivity index (χ2n) is 4.52. The van der Waals surface area contributed by atoms with Crippen molar-refractivity contribution in [3.63, 3.8) is 0 Å². The molecule has 8 heteroatoms. The van der Waals surface area contributed by atoms with Gasteiger partial charge < -0.3 is 4.57 Å². The predicted octanol–water partition coefficient (Wildman–Crippen LogP) is 1.72. The Hall–Kier alpha value is -1.34. The first kappa shape index (κ1) is 15.1. The summed E-state index contributed by atoms with van der Waals surface area (Å²) in [6.07, 6.45) is 2.96. The Morgan fingerprint density at radius 1 is 1.30 bits per heavy atom. The fourth-order valence-corrected chi connectivity index (χ4v) is 2.72. The summed E-state index contributed by atoms with van der Waals surface area (Å²) >= 11 is 0. The van der Waals surface area contributed by atoms with E-state index in [4.69, 9.17) is 10.7 Å². The van der Waals surface area contributed by atoms with Crippen molar-refractivity contribution in [2.24, 2.45) is 7.05 Å². The quantitative estimate of drug-likeness (QED) is 0.788. The van der Waals surface area contributed by atoms with E-state index < -0.39 is 9.05 Å². The summed E-state index contributed by atoms with van der Waals surface area (Å²) in [6.45, 7) is 4.48. The van der Waals surface area contributed by atoms with Crippen molar-refractivity contribution in [3.05, 3.63) is 29.5 Å². The Morgan fingerprint density at radius 3 is 2.50 bits per heavy atom. The highest BCUT2D eigenvalue weighted by Gasteiger charge is 2.18. The molecule has 0 aliphatic heterocycles. The average molecular weight is 317 g/mol. The molecule has 0 amide bonds. The number of hydrogen-bond donors (Lipinski definition) is 0. The van der Waals surface area contributed by atoms with E-state index in [2.05, 4.69) is 10.1 Å². The van der Waals surface area contributed by atoms with Crippen LogP contribution in [-0.4, -0.2) is 27.7 Å². The molecule has 0 spiro atoms. The van der Waals surface area contributed by atoms with Gasteiger partial charge >= 0.3 is 0 Å². The van der Waals surface area contributed by atoms with Gasteiger partial charge in [-0.05, 0) is 12.5 Å². The Labute approximate surface area is 122 Å². The molecule has 2 rings (SSSR count). The number of aryl methyl sites for hydroxylation is 3. The minimum Gasteiger partial charge on any atom is -0.328 e. The lowest BCUT2D eigenvalue weighted by atomic mass is 10.3. The maximum Gasteiger partial charge on any atom is 0.280 e. The second kappa shape index (κ2) is 5.57. The first-order valence-electron chi connectivity index (χ1n) is 6.37. The Balaban J connectivity index is 2.37. The largest absolute Gasteiger partial charge is 0.328 e. The lowest BCUT2D eigenvalue weighted by molar-refractivity contribution is 0.606. The van der Waals surface area contributed by atoms with Gasteiger partial charge in [0.15, 0.2) is 5.03 Å². The van der Waals surface area contributed by atoms with E-state index in [1.165, 1.54) is 6.20 Å². The molecule has 0 atom stereocenters. The third-order valence-corrected chi connectivity index (χ3v) is 4.30. The predicted molar refractivity (Wildman–Crippen MR) is 76.3 cm³/mol. The standard InChI is InChI=1S/C12H17ClN4O2S/c1-4-9-6-10(16(3)15-9)7-17-8-12(20(13,18)19)14-11(17)5-2/h6,8H,4-5,7H2,1-3H3. The van der Waals surface area contributed by atoms with Crippen molar-refractivity contribution >= 4 is 19.7 Å². The molecule has 0 aliphatic rings. The Bertz CT molecular complexity index is 718. The van der Waals surface area contributed by atoms with Crippen LogP contribution in [0.3, 0.4) is 0 Å². The van der Waals surface area contributed by atoms with E-state index in [1.54, 1.807) is 9.25 Å². The zero-order chi connectivity index (χ0) is 14.9. The molecular formula is C12H17ClN4O2S. The van der Waals surface area contributed by atoms with Crippen LogP contribution in [0.4, 0.5) is 0 Å². The topological polar surface area (TPSA) is 69.8 Å². The van der Waals surface area contributed by atoms with Crippen LogP contribution in [0.2, 0.25) is 0 Å². The fraction of sp³-hybridized carbons (Fsp3) is 0.500. The first-order valence-corrected chi connectivity index (χ1v) is 8.68. The molecule has 20 heavy (non-hydrogen) atoms. The van der Waals surface area contributed by atoms with Gasteiger partial charge in [0.05, 0.1) is 17.9 Å². The van der Waals surface area contributed by atoms with Crippen LogP contribution in [0.15, 0.2) is 17.3 Å². The van der Waals surface area contributed by atoms with E-state index in [9.17, 15) is 8.42 Å². The van der Waals surface area contributed by atoms with Gasteiger partial charge in [-0.15, -0.1) is 0 Å². The van der Waals surface area contributed by atoms with Crippen molar-refractivity contribution in [1.29, 1.82) is 0 Å². The van der Waals surface area contributed by atoms with E-state index in [-0.39, 0.29) is 5.03 Å². The SMILES string of the molecule is CCc1cc(Cn2cc(S(=O)(=O)Cl)nc2CC)n(C)n1. The van der Waals surface area contributed by atoms with E-state index in [0.29, 0.717) is 18.8 Å². The van der Waals surface area contributed by atoms with Gasteiger partial charge in [-0.2, -0.15) is 5.10 Å². The van der Waals surface area contributed by atoms with Crippen molar-refractivity contribution in [3.8, 4) is 0 Å². The highest BCUT2D eigenvalue weighted by molar-refractivity contribution is 8.13. The van der Waals surface area contributed by atoms with E-state index in [1.807, 2.05) is 27.0 Å². The second-order valence-corrected chi connectivity index (χ2v) is 7.03. The molecule has 0 fully saturated rings. The molecule has 0 bridgehead atoms. The van der Waals surface area contributed by atoms with Gasteiger partial charge in [0, 0.05) is 30.3 Å². The van der Waals surface area contributed by atoms with Gasteiger partial charge in [0.2, 0.25) is 0 Å². The zero-order valence-corrected chi connectivity index (χ0v) is 13.2. The van der Waals surface area contributed by atoms with Crippen LogP contribution in [-0.2, 0) is 35.5 Å². The summed E-state index contributed by atoms with van der Waals surface area (Å²) < 4.78 is 26.3. The van der Waals surface area contributed by atoms with Crippen molar-refractivity contribution in [2.45, 2.75) is 38.3 Å². The zero-order valence-electron chi connectivity index (χ0n) is 11.7. The van der Waals surface area contributed by atoms with Crippen molar-refractivity contribution in [1.82, 2.24) is 19.3 Å². The summed E-state index contributed by atoms with van der Waals surface area (Å²) in [5.74, 6) is 0.684. The van der Waals surface area contributed by atoms with E-state index >= 15 is 0 Å². The molecule has 0 aromatic carbocycles. The molecule has 2 aromatic rings. The molecule has 2 heterocycles. The molecule has 2 aromatic heterocycles. The molecule has 0 unspecified atom stereocenters. The number of halogens is 1. The van der Waals surface area contributed by atoms with Crippen LogP contribution in [0.25, 0.3) is 0 Å². The van der Waals surface area contributed by atoms with Gasteiger partial charge in [0.25, 0.3) is 9.05 Å². The number of nitrogens with zero attached hydrogens (tertiary/aromatic N) is 4. The van der Waals surface area contributed by atoms with Gasteiger partial charge in [-0.3, -0.25) is 4.68 Å². The van der Waals surface area contributed by atoms with Crippen molar-refractivity contribution in [2.75, 3.05) is 0 Å². The molecule has 6 nitrogen and oxygen atoms in total. The summed E-state index contributed by atoms with van der Waals surface area (Å²) in [5.41, 5.74) is 2.00. The fourth-order valence-electron chi connectivity index (χ4n) is 2.03. The smallest absolute Gasteiger partial charge is 0.280 e. The van der Waals surface area contributed by atoms with Crippen LogP contribution in [0.5, 0.6) is 0 Å². The first-order chi connectivity index (χ1) is 9.35. The molecule has 0 N–H and O–H groups in total. The Kier molecular flexibility index (Phi) is 4.19. The number of aromatic nitrogens is 4. The van der Waals surface area contributed by atoms with E-state index in [0.717, 1.165) is 17.8 Å². The summed E-state index contributed by atoms with van der Waals surface area (Å²) in [4.78, 5) is 4.07. The molecular weight excluding hydrogens is 300 g/mol. The minimum atomic E-state index is -3.80. The molecule has 0 radical (unpaired) electrons. The maximum absolute atomic E-state index is 11.4. The molecule has 0 saturated carbocycles. The minimum absolute atomic E-state index is 0.103. The lowest BCUT2D eigenvalue weighted by Gasteiger charge is -2.06. The average Bonchev–Trinajstić information content (AvgIpc) is 2.93. The van der Waals surface area contributed by atoms with Gasteiger partial charge in [0.1, 0.15) is 5.82 Å². The molecule has 0 saturated heterocycles. The third-order valence-electron chi connectivity index (χ3n) is 3.13. The van der Waals surface area contributed by atoms with Crippen LogP contribution >= 0.6 is 10.7 Å². The summed E-state index contributed by atoms with van der Waals surface area (Å²) in [5, 5.41) is 4.27. The number of rotatable bonds is 5. The number of imidazole rings is 1. The number of hydrogen-bond acceptors (Lipinski definition) is 4. The van der Waals surface area contributed by atoms with Gasteiger partial charge in [-0.1, -0.05) is 13.8 Å².